The van der Waals surface area contributed by atoms with Gasteiger partial charge in [-0.15, -0.1) is 0 Å². The van der Waals surface area contributed by atoms with Crippen molar-refractivity contribution >= 4 is 21.8 Å². The number of hydrogen-bond donors (Lipinski definition) is 1. The maximum Gasteiger partial charge on any atom is 0.251 e. The first-order valence-corrected chi connectivity index (χ1v) is 5.46. The number of hydrogen-bond acceptors (Lipinski definition) is 1. The average molecular weight is 254 g/mol. The summed E-state index contributed by atoms with van der Waals surface area (Å²) < 4.78 is 0.936. The second-order valence-electron chi connectivity index (χ2n) is 4.03. The van der Waals surface area contributed by atoms with Crippen molar-refractivity contribution in [1.29, 1.82) is 0 Å². The predicted molar refractivity (Wildman–Crippen MR) is 59.2 cm³/mol. The normalized spacial score (nSPS) is 17.6. The molecule has 1 saturated carbocycles. The second-order valence-corrected chi connectivity index (χ2v) is 4.94. The molecule has 0 aromatic heterocycles. The van der Waals surface area contributed by atoms with Gasteiger partial charge in [-0.1, -0.05) is 22.0 Å². The highest BCUT2D eigenvalue weighted by atomic mass is 79.9. The van der Waals surface area contributed by atoms with Gasteiger partial charge in [-0.25, -0.2) is 0 Å². The lowest BCUT2D eigenvalue weighted by Crippen LogP contribution is -2.34. The van der Waals surface area contributed by atoms with E-state index in [1.54, 1.807) is 0 Å². The molecule has 1 aromatic rings. The van der Waals surface area contributed by atoms with E-state index in [4.69, 9.17) is 0 Å². The van der Waals surface area contributed by atoms with Gasteiger partial charge in [0.05, 0.1) is 0 Å². The average Bonchev–Trinajstić information content (AvgIpc) is 2.83. The molecule has 74 valence electrons. The smallest absolute Gasteiger partial charge is 0.251 e. The molecule has 0 heterocycles. The Labute approximate surface area is 91.8 Å². The van der Waals surface area contributed by atoms with Crippen LogP contribution >= 0.6 is 15.9 Å². The Morgan fingerprint density at radius 1 is 1.50 bits per heavy atom. The van der Waals surface area contributed by atoms with Crippen LogP contribution in [0.4, 0.5) is 0 Å². The van der Waals surface area contributed by atoms with Crippen LogP contribution in [0.25, 0.3) is 0 Å². The van der Waals surface area contributed by atoms with Crippen molar-refractivity contribution in [3.05, 3.63) is 34.3 Å². The number of nitrogens with one attached hydrogen (secondary N) is 1. The molecule has 1 fully saturated rings. The van der Waals surface area contributed by atoms with Crippen LogP contribution < -0.4 is 5.32 Å². The summed E-state index contributed by atoms with van der Waals surface area (Å²) in [5, 5.41) is 3.01. The van der Waals surface area contributed by atoms with E-state index in [9.17, 15) is 4.79 Å². The minimum Gasteiger partial charge on any atom is -0.347 e. The molecule has 0 aliphatic heterocycles. The lowest BCUT2D eigenvalue weighted by molar-refractivity contribution is 0.0935. The van der Waals surface area contributed by atoms with Gasteiger partial charge in [0.15, 0.2) is 0 Å². The predicted octanol–water partition coefficient (Wildman–Crippen LogP) is 2.73. The third kappa shape index (κ3) is 2.15. The zero-order valence-electron chi connectivity index (χ0n) is 8.01. The van der Waals surface area contributed by atoms with Crippen LogP contribution in [-0.2, 0) is 0 Å². The Balaban J connectivity index is 2.11. The van der Waals surface area contributed by atoms with Gasteiger partial charge in [-0.2, -0.15) is 0 Å². The molecule has 0 atom stereocenters. The van der Waals surface area contributed by atoms with Crippen LogP contribution in [0.1, 0.15) is 30.1 Å². The summed E-state index contributed by atoms with van der Waals surface area (Å²) in [7, 11) is 0. The third-order valence-corrected chi connectivity index (χ3v) is 3.00. The van der Waals surface area contributed by atoms with E-state index in [1.807, 2.05) is 24.3 Å². The Morgan fingerprint density at radius 2 is 2.21 bits per heavy atom. The highest BCUT2D eigenvalue weighted by Crippen LogP contribution is 2.34. The first kappa shape index (κ1) is 9.71. The van der Waals surface area contributed by atoms with Crippen molar-refractivity contribution < 1.29 is 4.79 Å². The minimum atomic E-state index is 0.0197. The van der Waals surface area contributed by atoms with Crippen molar-refractivity contribution in [2.45, 2.75) is 25.3 Å². The van der Waals surface area contributed by atoms with Crippen molar-refractivity contribution in [2.24, 2.45) is 0 Å². The molecule has 1 amide bonds. The highest BCUT2D eigenvalue weighted by Gasteiger charge is 2.38. The van der Waals surface area contributed by atoms with E-state index in [0.717, 1.165) is 17.3 Å². The molecule has 0 bridgehead atoms. The summed E-state index contributed by atoms with van der Waals surface area (Å²) in [6.45, 7) is 2.07. The molecule has 0 unspecified atom stereocenters. The number of carbonyl (C=O) groups is 1. The fourth-order valence-electron chi connectivity index (χ4n) is 1.29. The summed E-state index contributed by atoms with van der Waals surface area (Å²) >= 11 is 3.35. The molecule has 0 spiro atoms. The van der Waals surface area contributed by atoms with Crippen molar-refractivity contribution in [2.75, 3.05) is 0 Å². The van der Waals surface area contributed by atoms with E-state index in [0.29, 0.717) is 5.56 Å². The lowest BCUT2D eigenvalue weighted by Gasteiger charge is -2.11. The molecule has 2 nitrogen and oxygen atoms in total. The van der Waals surface area contributed by atoms with Gasteiger partial charge < -0.3 is 5.32 Å². The van der Waals surface area contributed by atoms with Crippen LogP contribution in [0.3, 0.4) is 0 Å². The highest BCUT2D eigenvalue weighted by molar-refractivity contribution is 9.10. The van der Waals surface area contributed by atoms with E-state index < -0.39 is 0 Å². The van der Waals surface area contributed by atoms with Crippen LogP contribution in [-0.4, -0.2) is 11.4 Å². The fraction of sp³-hybridized carbons (Fsp3) is 0.364. The molecule has 1 aliphatic carbocycles. The van der Waals surface area contributed by atoms with Gasteiger partial charge in [0.25, 0.3) is 5.91 Å². The number of halogens is 1. The summed E-state index contributed by atoms with van der Waals surface area (Å²) in [6, 6.07) is 7.44. The SMILES string of the molecule is CC1(NC(=O)c2cccc(Br)c2)CC1. The van der Waals surface area contributed by atoms with Gasteiger partial charge in [0.1, 0.15) is 0 Å². The second kappa shape index (κ2) is 3.39. The maximum atomic E-state index is 11.7. The topological polar surface area (TPSA) is 29.1 Å². The van der Waals surface area contributed by atoms with Crippen molar-refractivity contribution in [1.82, 2.24) is 5.32 Å². The minimum absolute atomic E-state index is 0.0197. The molecule has 0 radical (unpaired) electrons. The molecule has 3 heteroatoms. The lowest BCUT2D eigenvalue weighted by atomic mass is 10.2. The summed E-state index contributed by atoms with van der Waals surface area (Å²) in [4.78, 5) is 11.7. The Kier molecular flexibility index (Phi) is 2.35. The van der Waals surface area contributed by atoms with E-state index in [-0.39, 0.29) is 11.4 Å². The van der Waals surface area contributed by atoms with E-state index in [2.05, 4.69) is 28.2 Å². The largest absolute Gasteiger partial charge is 0.347 e. The van der Waals surface area contributed by atoms with Crippen LogP contribution in [0.2, 0.25) is 0 Å². The van der Waals surface area contributed by atoms with Crippen molar-refractivity contribution in [3.8, 4) is 0 Å². The zero-order valence-corrected chi connectivity index (χ0v) is 9.60. The molecule has 1 aliphatic rings. The Bertz CT molecular complexity index is 371. The first-order valence-electron chi connectivity index (χ1n) is 4.67. The molecule has 0 saturated heterocycles. The molecular weight excluding hydrogens is 242 g/mol. The van der Waals surface area contributed by atoms with E-state index in [1.165, 1.54) is 0 Å². The zero-order chi connectivity index (χ0) is 10.2. The molecular formula is C11H12BrNO. The van der Waals surface area contributed by atoms with Gasteiger partial charge in [0, 0.05) is 15.6 Å². The Hall–Kier alpha value is -0.830. The van der Waals surface area contributed by atoms with Crippen LogP contribution in [0.15, 0.2) is 28.7 Å². The van der Waals surface area contributed by atoms with Gasteiger partial charge in [-0.05, 0) is 38.0 Å². The number of carbonyl (C=O) groups excluding carboxylic acids is 1. The van der Waals surface area contributed by atoms with E-state index >= 15 is 0 Å². The summed E-state index contributed by atoms with van der Waals surface area (Å²) in [5.74, 6) is 0.0197. The fourth-order valence-corrected chi connectivity index (χ4v) is 1.69. The van der Waals surface area contributed by atoms with Gasteiger partial charge in [0.2, 0.25) is 0 Å². The maximum absolute atomic E-state index is 11.7. The first-order chi connectivity index (χ1) is 6.59. The number of rotatable bonds is 2. The van der Waals surface area contributed by atoms with Crippen LogP contribution in [0.5, 0.6) is 0 Å². The van der Waals surface area contributed by atoms with Crippen molar-refractivity contribution in [3.63, 3.8) is 0 Å². The Morgan fingerprint density at radius 3 is 2.79 bits per heavy atom. The quantitative estimate of drug-likeness (QED) is 0.863. The summed E-state index contributed by atoms with van der Waals surface area (Å²) in [5.41, 5.74) is 0.770. The monoisotopic (exact) mass is 253 g/mol. The molecule has 1 aromatic carbocycles. The molecule has 2 rings (SSSR count). The van der Waals surface area contributed by atoms with Gasteiger partial charge >= 0.3 is 0 Å². The van der Waals surface area contributed by atoms with Crippen LogP contribution in [0, 0.1) is 0 Å². The standard InChI is InChI=1S/C11H12BrNO/c1-11(5-6-11)13-10(14)8-3-2-4-9(12)7-8/h2-4,7H,5-6H2,1H3,(H,13,14). The third-order valence-electron chi connectivity index (χ3n) is 2.50. The number of amides is 1. The molecule has 14 heavy (non-hydrogen) atoms. The van der Waals surface area contributed by atoms with Gasteiger partial charge in [-0.3, -0.25) is 4.79 Å². The summed E-state index contributed by atoms with van der Waals surface area (Å²) in [6.07, 6.45) is 2.18. The molecule has 1 N–H and O–H groups in total. The number of benzene rings is 1.